The molecule has 0 aromatic carbocycles. The van der Waals surface area contributed by atoms with E-state index < -0.39 is 18.2 Å². The van der Waals surface area contributed by atoms with Crippen molar-refractivity contribution in [2.75, 3.05) is 6.61 Å². The topological polar surface area (TPSA) is 95.9 Å². The molecule has 0 heterocycles. The van der Waals surface area contributed by atoms with Crippen molar-refractivity contribution in [3.8, 4) is 0 Å². The second-order valence-electron chi connectivity index (χ2n) is 15.2. The Balaban J connectivity index is 4.71. The molecule has 0 aliphatic rings. The molecule has 57 heavy (non-hydrogen) atoms. The SMILES string of the molecule is CC/C=C/C=C/C=C\C=C/CCCCCC(=O)OC(CCC\C=C/C=C\C=C\C=C\CC)CC(=O)NC(CO)C(O)CCCCCCCCCCCCCCCC. The Labute approximate surface area is 350 Å². The smallest absolute Gasteiger partial charge is 0.306 e. The molecule has 324 valence electrons. The van der Waals surface area contributed by atoms with E-state index in [1.807, 2.05) is 72.9 Å². The van der Waals surface area contributed by atoms with E-state index in [-0.39, 0.29) is 24.9 Å². The van der Waals surface area contributed by atoms with Crippen molar-refractivity contribution in [2.24, 2.45) is 0 Å². The van der Waals surface area contributed by atoms with E-state index in [1.165, 1.54) is 70.6 Å². The van der Waals surface area contributed by atoms with Gasteiger partial charge in [-0.2, -0.15) is 0 Å². The van der Waals surface area contributed by atoms with E-state index in [0.717, 1.165) is 70.6 Å². The van der Waals surface area contributed by atoms with Crippen LogP contribution < -0.4 is 5.32 Å². The highest BCUT2D eigenvalue weighted by Gasteiger charge is 2.24. The number of carbonyl (C=O) groups excluding carboxylic acids is 2. The zero-order valence-electron chi connectivity index (χ0n) is 36.7. The molecular weight excluding hydrogens is 707 g/mol. The minimum absolute atomic E-state index is 0.00982. The average molecular weight is 792 g/mol. The second kappa shape index (κ2) is 43.9. The summed E-state index contributed by atoms with van der Waals surface area (Å²) in [6.45, 7) is 6.15. The van der Waals surface area contributed by atoms with Crippen molar-refractivity contribution < 1.29 is 24.5 Å². The van der Waals surface area contributed by atoms with Gasteiger partial charge in [0.2, 0.25) is 5.91 Å². The number of ether oxygens (including phenoxy) is 1. The van der Waals surface area contributed by atoms with Crippen molar-refractivity contribution in [1.82, 2.24) is 5.32 Å². The van der Waals surface area contributed by atoms with Crippen LogP contribution in [0.3, 0.4) is 0 Å². The molecule has 1 amide bonds. The number of unbranched alkanes of at least 4 members (excludes halogenated alkanes) is 17. The Hall–Kier alpha value is -3.22. The highest BCUT2D eigenvalue weighted by molar-refractivity contribution is 5.77. The van der Waals surface area contributed by atoms with Crippen LogP contribution in [0.2, 0.25) is 0 Å². The molecule has 0 spiro atoms. The van der Waals surface area contributed by atoms with E-state index in [9.17, 15) is 19.8 Å². The Morgan fingerprint density at radius 2 is 0.965 bits per heavy atom. The van der Waals surface area contributed by atoms with Gasteiger partial charge in [0, 0.05) is 6.42 Å². The van der Waals surface area contributed by atoms with Gasteiger partial charge in [-0.25, -0.2) is 0 Å². The Morgan fingerprint density at radius 1 is 0.526 bits per heavy atom. The first-order valence-electron chi connectivity index (χ1n) is 23.1. The van der Waals surface area contributed by atoms with Crippen LogP contribution in [0.5, 0.6) is 0 Å². The summed E-state index contributed by atoms with van der Waals surface area (Å²) in [4.78, 5) is 26.0. The summed E-state index contributed by atoms with van der Waals surface area (Å²) < 4.78 is 5.84. The molecular formula is C51H85NO5. The Kier molecular flexibility index (Phi) is 41.4. The number of hydrogen-bond donors (Lipinski definition) is 3. The normalized spacial score (nSPS) is 14.3. The van der Waals surface area contributed by atoms with Crippen LogP contribution in [0.25, 0.3) is 0 Å². The van der Waals surface area contributed by atoms with E-state index in [2.05, 4.69) is 50.4 Å². The lowest BCUT2D eigenvalue weighted by molar-refractivity contribution is -0.151. The lowest BCUT2D eigenvalue weighted by atomic mass is 10.0. The summed E-state index contributed by atoms with van der Waals surface area (Å²) in [6.07, 6.45) is 57.6. The van der Waals surface area contributed by atoms with Crippen molar-refractivity contribution in [3.63, 3.8) is 0 Å². The third kappa shape index (κ3) is 39.4. The van der Waals surface area contributed by atoms with Crippen LogP contribution in [-0.4, -0.2) is 46.9 Å². The quantitative estimate of drug-likeness (QED) is 0.0327. The number of hydrogen-bond acceptors (Lipinski definition) is 5. The molecule has 6 heteroatoms. The summed E-state index contributed by atoms with van der Waals surface area (Å²) in [5, 5.41) is 23.6. The number of amides is 1. The van der Waals surface area contributed by atoms with Crippen LogP contribution >= 0.6 is 0 Å². The van der Waals surface area contributed by atoms with Gasteiger partial charge in [-0.3, -0.25) is 9.59 Å². The zero-order valence-corrected chi connectivity index (χ0v) is 36.7. The maximum absolute atomic E-state index is 13.1. The number of allylic oxidation sites excluding steroid dienone is 16. The van der Waals surface area contributed by atoms with E-state index >= 15 is 0 Å². The molecule has 0 aromatic rings. The molecule has 0 saturated carbocycles. The number of rotatable bonds is 39. The molecule has 0 rings (SSSR count). The number of esters is 1. The molecule has 0 bridgehead atoms. The van der Waals surface area contributed by atoms with Gasteiger partial charge >= 0.3 is 5.97 Å². The minimum Gasteiger partial charge on any atom is -0.462 e. The van der Waals surface area contributed by atoms with E-state index in [1.54, 1.807) is 0 Å². The van der Waals surface area contributed by atoms with Gasteiger partial charge < -0.3 is 20.3 Å². The minimum atomic E-state index is -0.816. The van der Waals surface area contributed by atoms with Crippen molar-refractivity contribution in [3.05, 3.63) is 97.2 Å². The number of carbonyl (C=O) groups is 2. The summed E-state index contributed by atoms with van der Waals surface area (Å²) in [6, 6.07) is -0.735. The first kappa shape index (κ1) is 53.8. The molecule has 0 aliphatic heterocycles. The number of nitrogens with one attached hydrogen (secondary N) is 1. The third-order valence-electron chi connectivity index (χ3n) is 9.85. The molecule has 6 nitrogen and oxygen atoms in total. The second-order valence-corrected chi connectivity index (χ2v) is 15.2. The van der Waals surface area contributed by atoms with Crippen molar-refractivity contribution in [1.29, 1.82) is 0 Å². The highest BCUT2D eigenvalue weighted by atomic mass is 16.5. The van der Waals surface area contributed by atoms with Gasteiger partial charge in [0.15, 0.2) is 0 Å². The zero-order chi connectivity index (χ0) is 41.7. The van der Waals surface area contributed by atoms with Crippen LogP contribution in [0.4, 0.5) is 0 Å². The molecule has 0 aliphatic carbocycles. The molecule has 0 radical (unpaired) electrons. The summed E-state index contributed by atoms with van der Waals surface area (Å²) in [5.41, 5.74) is 0. The van der Waals surface area contributed by atoms with Crippen molar-refractivity contribution >= 4 is 11.9 Å². The predicted octanol–water partition coefficient (Wildman–Crippen LogP) is 13.4. The Bertz CT molecular complexity index is 1160. The maximum Gasteiger partial charge on any atom is 0.306 e. The first-order valence-corrected chi connectivity index (χ1v) is 23.1. The summed E-state index contributed by atoms with van der Waals surface area (Å²) >= 11 is 0. The molecule has 3 atom stereocenters. The molecule has 0 saturated heterocycles. The van der Waals surface area contributed by atoms with Gasteiger partial charge in [-0.1, -0.05) is 214 Å². The maximum atomic E-state index is 13.1. The fraction of sp³-hybridized carbons (Fsp3) is 0.647. The molecule has 0 aromatic heterocycles. The molecule has 0 fully saturated rings. The van der Waals surface area contributed by atoms with Crippen LogP contribution in [0.1, 0.15) is 188 Å². The van der Waals surface area contributed by atoms with Gasteiger partial charge in [-0.15, -0.1) is 0 Å². The monoisotopic (exact) mass is 792 g/mol. The lowest BCUT2D eigenvalue weighted by Crippen LogP contribution is -2.46. The summed E-state index contributed by atoms with van der Waals surface area (Å²) in [7, 11) is 0. The van der Waals surface area contributed by atoms with Crippen LogP contribution in [-0.2, 0) is 14.3 Å². The fourth-order valence-electron chi connectivity index (χ4n) is 6.40. The standard InChI is InChI=1S/C51H85NO5/c1-4-7-10-13-16-19-22-24-26-28-31-34-37-40-43-49(54)48(46-53)52-50(55)45-47(42-39-36-33-30-27-21-18-15-12-9-6-3)57-51(56)44-41-38-35-32-29-25-23-20-17-14-11-8-5-2/h8-9,11-12,14-15,17-18,20-21,23,25,27,29-30,33,47-49,53-54H,4-7,10,13,16,19,22,24,26,28,31-32,34-46H2,1-3H3,(H,52,55)/b11-8+,12-9+,17-14+,18-15+,23-20-,27-21-,29-25-,33-30-. The molecule has 3 N–H and O–H groups in total. The van der Waals surface area contributed by atoms with E-state index in [0.29, 0.717) is 19.3 Å². The van der Waals surface area contributed by atoms with Gasteiger partial charge in [0.1, 0.15) is 6.10 Å². The first-order chi connectivity index (χ1) is 28.0. The summed E-state index contributed by atoms with van der Waals surface area (Å²) in [5.74, 6) is -0.600. The van der Waals surface area contributed by atoms with Crippen molar-refractivity contribution in [2.45, 2.75) is 206 Å². The Morgan fingerprint density at radius 3 is 1.46 bits per heavy atom. The van der Waals surface area contributed by atoms with Gasteiger partial charge in [0.05, 0.1) is 25.2 Å². The number of aliphatic hydroxyl groups excluding tert-OH is 2. The van der Waals surface area contributed by atoms with E-state index in [4.69, 9.17) is 4.74 Å². The lowest BCUT2D eigenvalue weighted by Gasteiger charge is -2.24. The van der Waals surface area contributed by atoms with Crippen LogP contribution in [0, 0.1) is 0 Å². The fourth-order valence-corrected chi connectivity index (χ4v) is 6.40. The predicted molar refractivity (Wildman–Crippen MR) is 245 cm³/mol. The van der Waals surface area contributed by atoms with Gasteiger partial charge in [-0.05, 0) is 57.8 Å². The van der Waals surface area contributed by atoms with Crippen LogP contribution in [0.15, 0.2) is 97.2 Å². The average Bonchev–Trinajstić information content (AvgIpc) is 3.20. The van der Waals surface area contributed by atoms with Gasteiger partial charge in [0.25, 0.3) is 0 Å². The largest absolute Gasteiger partial charge is 0.462 e. The highest BCUT2D eigenvalue weighted by Crippen LogP contribution is 2.16. The third-order valence-corrected chi connectivity index (χ3v) is 9.85. The number of aliphatic hydroxyl groups is 2. The molecule has 3 unspecified atom stereocenters.